The zero-order chi connectivity index (χ0) is 19.9. The van der Waals surface area contributed by atoms with Crippen molar-refractivity contribution in [2.75, 3.05) is 0 Å². The van der Waals surface area contributed by atoms with Crippen LogP contribution in [0.15, 0.2) is 24.3 Å². The summed E-state index contributed by atoms with van der Waals surface area (Å²) in [6, 6.07) is 5.54. The van der Waals surface area contributed by atoms with E-state index in [0.29, 0.717) is 16.7 Å². The van der Waals surface area contributed by atoms with E-state index in [1.165, 1.54) is 18.2 Å². The predicted molar refractivity (Wildman–Crippen MR) is 96.1 cm³/mol. The van der Waals surface area contributed by atoms with E-state index in [1.807, 2.05) is 0 Å². The van der Waals surface area contributed by atoms with E-state index in [-0.39, 0.29) is 41.1 Å². The monoisotopic (exact) mass is 374 g/mol. The van der Waals surface area contributed by atoms with Crippen LogP contribution in [0.25, 0.3) is 0 Å². The van der Waals surface area contributed by atoms with Crippen LogP contribution in [0.1, 0.15) is 36.6 Å². The van der Waals surface area contributed by atoms with Gasteiger partial charge in [0.25, 0.3) is 0 Å². The summed E-state index contributed by atoms with van der Waals surface area (Å²) in [5.74, 6) is -1.37. The Labute approximate surface area is 156 Å². The van der Waals surface area contributed by atoms with Gasteiger partial charge in [-0.1, -0.05) is 13.8 Å². The van der Waals surface area contributed by atoms with Gasteiger partial charge in [-0.2, -0.15) is 0 Å². The molecule has 7 heteroatoms. The molecule has 0 radical (unpaired) electrons. The molecule has 0 aliphatic carbocycles. The van der Waals surface area contributed by atoms with Gasteiger partial charge >= 0.3 is 5.97 Å². The number of carbonyl (C=O) groups excluding carboxylic acids is 1. The van der Waals surface area contributed by atoms with Crippen LogP contribution in [-0.4, -0.2) is 32.5 Å². The Kier molecular flexibility index (Phi) is 4.78. The first-order valence-electron chi connectivity index (χ1n) is 8.61. The van der Waals surface area contributed by atoms with Gasteiger partial charge < -0.3 is 29.9 Å². The maximum absolute atomic E-state index is 12.2. The summed E-state index contributed by atoms with van der Waals surface area (Å²) in [5, 5.41) is 39.6. The van der Waals surface area contributed by atoms with Crippen molar-refractivity contribution in [1.29, 1.82) is 0 Å². The zero-order valence-electron chi connectivity index (χ0n) is 15.3. The van der Waals surface area contributed by atoms with Gasteiger partial charge in [0, 0.05) is 29.7 Å². The van der Waals surface area contributed by atoms with Crippen LogP contribution < -0.4 is 4.74 Å². The van der Waals surface area contributed by atoms with Crippen molar-refractivity contribution >= 4 is 5.97 Å². The molecule has 0 saturated carbocycles. The second kappa shape index (κ2) is 6.90. The molecule has 7 nitrogen and oxygen atoms in total. The lowest BCUT2D eigenvalue weighted by Gasteiger charge is -2.34. The van der Waals surface area contributed by atoms with Gasteiger partial charge in [-0.3, -0.25) is 4.79 Å². The summed E-state index contributed by atoms with van der Waals surface area (Å²) in [7, 11) is 0. The van der Waals surface area contributed by atoms with Crippen LogP contribution in [0.5, 0.6) is 28.7 Å². The van der Waals surface area contributed by atoms with Crippen LogP contribution >= 0.6 is 0 Å². The van der Waals surface area contributed by atoms with Crippen LogP contribution in [0.2, 0.25) is 0 Å². The fourth-order valence-electron chi connectivity index (χ4n) is 3.07. The van der Waals surface area contributed by atoms with E-state index < -0.39 is 18.2 Å². The third-order valence-corrected chi connectivity index (χ3v) is 4.54. The minimum absolute atomic E-state index is 0.154. The highest BCUT2D eigenvalue weighted by Gasteiger charge is 2.37. The average Bonchev–Trinajstić information content (AvgIpc) is 2.59. The van der Waals surface area contributed by atoms with E-state index in [1.54, 1.807) is 26.8 Å². The van der Waals surface area contributed by atoms with Gasteiger partial charge in [-0.25, -0.2) is 0 Å². The van der Waals surface area contributed by atoms with Crippen molar-refractivity contribution in [2.24, 2.45) is 5.92 Å². The number of benzene rings is 2. The van der Waals surface area contributed by atoms with Crippen LogP contribution in [0.3, 0.4) is 0 Å². The van der Waals surface area contributed by atoms with Gasteiger partial charge in [0.05, 0.1) is 5.92 Å². The highest BCUT2D eigenvalue weighted by molar-refractivity contribution is 5.72. The molecule has 0 bridgehead atoms. The normalized spacial score (nSPS) is 18.7. The highest BCUT2D eigenvalue weighted by Crippen LogP contribution is 2.44. The second-order valence-electron chi connectivity index (χ2n) is 7.02. The zero-order valence-corrected chi connectivity index (χ0v) is 15.3. The number of esters is 1. The van der Waals surface area contributed by atoms with Crippen molar-refractivity contribution in [1.82, 2.24) is 0 Å². The Morgan fingerprint density at radius 1 is 1.11 bits per heavy atom. The Hall–Kier alpha value is -3.09. The van der Waals surface area contributed by atoms with E-state index in [4.69, 9.17) is 9.47 Å². The van der Waals surface area contributed by atoms with Gasteiger partial charge in [0.15, 0.2) is 17.6 Å². The number of ether oxygens (including phenoxy) is 2. The molecule has 27 heavy (non-hydrogen) atoms. The summed E-state index contributed by atoms with van der Waals surface area (Å²) in [6.45, 7) is 5.05. The first kappa shape index (κ1) is 18.7. The molecule has 0 unspecified atom stereocenters. The molecule has 1 aliphatic rings. The Balaban J connectivity index is 2.06. The minimum Gasteiger partial charge on any atom is -0.508 e. The summed E-state index contributed by atoms with van der Waals surface area (Å²) in [4.78, 5) is 12.2. The molecule has 0 saturated heterocycles. The summed E-state index contributed by atoms with van der Waals surface area (Å²) in [6.07, 6.45) is -1.37. The maximum Gasteiger partial charge on any atom is 0.308 e. The third kappa shape index (κ3) is 3.58. The Morgan fingerprint density at radius 3 is 2.44 bits per heavy atom. The van der Waals surface area contributed by atoms with Crippen LogP contribution in [0.4, 0.5) is 0 Å². The molecule has 2 aromatic rings. The molecule has 1 aliphatic heterocycles. The molecule has 4 N–H and O–H groups in total. The molecule has 0 aromatic heterocycles. The smallest absolute Gasteiger partial charge is 0.308 e. The van der Waals surface area contributed by atoms with Crippen molar-refractivity contribution in [3.05, 3.63) is 41.0 Å². The van der Waals surface area contributed by atoms with Crippen LogP contribution in [-0.2, 0) is 16.0 Å². The molecule has 144 valence electrons. The third-order valence-electron chi connectivity index (χ3n) is 4.54. The number of hydrogen-bond donors (Lipinski definition) is 4. The average molecular weight is 374 g/mol. The first-order chi connectivity index (χ1) is 12.7. The maximum atomic E-state index is 12.2. The topological polar surface area (TPSA) is 116 Å². The number of fused-ring (bicyclic) bond motifs is 1. The molecule has 1 heterocycles. The van der Waals surface area contributed by atoms with Gasteiger partial charge in [-0.05, 0) is 24.6 Å². The second-order valence-corrected chi connectivity index (χ2v) is 7.02. The number of phenolic OH excluding ortho intramolecular Hbond substituents is 4. The van der Waals surface area contributed by atoms with Gasteiger partial charge in [-0.15, -0.1) is 0 Å². The molecule has 3 rings (SSSR count). The quantitative estimate of drug-likeness (QED) is 0.482. The molecule has 2 atom stereocenters. The lowest BCUT2D eigenvalue weighted by molar-refractivity contribution is -0.159. The van der Waals surface area contributed by atoms with Crippen molar-refractivity contribution in [2.45, 2.75) is 39.4 Å². The Bertz CT molecular complexity index is 865. The number of hydrogen-bond acceptors (Lipinski definition) is 7. The SMILES string of the molecule is Cc1cc([C@H]2Oc3cc(O)cc(O)c3C[C@H]2OC(=O)C(C)C)cc(O)c1O. The van der Waals surface area contributed by atoms with Gasteiger partial charge in [0.1, 0.15) is 23.4 Å². The molecule has 0 spiro atoms. The molecule has 2 aromatic carbocycles. The minimum atomic E-state index is -0.786. The number of carbonyl (C=O) groups is 1. The van der Waals surface area contributed by atoms with E-state index in [9.17, 15) is 25.2 Å². The van der Waals surface area contributed by atoms with Crippen LogP contribution in [0, 0.1) is 12.8 Å². The fourth-order valence-corrected chi connectivity index (χ4v) is 3.07. The Morgan fingerprint density at radius 2 is 1.81 bits per heavy atom. The summed E-state index contributed by atoms with van der Waals surface area (Å²) >= 11 is 0. The standard InChI is InChI=1S/C20H22O7/c1-9(2)20(25)27-17-8-13-14(22)6-12(21)7-16(13)26-19(17)11-4-10(3)18(24)15(23)5-11/h4-7,9,17,19,21-24H,8H2,1-3H3/t17-,19-/m1/s1. The van der Waals surface area contributed by atoms with Crippen molar-refractivity contribution < 1.29 is 34.7 Å². The number of aryl methyl sites for hydroxylation is 1. The fraction of sp³-hybridized carbons (Fsp3) is 0.350. The van der Waals surface area contributed by atoms with Gasteiger partial charge in [0.2, 0.25) is 0 Å². The molecular formula is C20H22O7. The number of rotatable bonds is 3. The lowest BCUT2D eigenvalue weighted by atomic mass is 9.92. The van der Waals surface area contributed by atoms with Crippen molar-refractivity contribution in [3.63, 3.8) is 0 Å². The number of phenols is 4. The lowest BCUT2D eigenvalue weighted by Crippen LogP contribution is -2.35. The molecule has 0 amide bonds. The number of aromatic hydroxyl groups is 4. The first-order valence-corrected chi connectivity index (χ1v) is 8.61. The highest BCUT2D eigenvalue weighted by atomic mass is 16.6. The van der Waals surface area contributed by atoms with E-state index in [0.717, 1.165) is 0 Å². The summed E-state index contributed by atoms with van der Waals surface area (Å²) in [5.41, 5.74) is 1.36. The predicted octanol–water partition coefficient (Wildman–Crippen LogP) is 3.06. The van der Waals surface area contributed by atoms with Crippen molar-refractivity contribution in [3.8, 4) is 28.7 Å². The largest absolute Gasteiger partial charge is 0.508 e. The van der Waals surface area contributed by atoms with E-state index in [2.05, 4.69) is 0 Å². The van der Waals surface area contributed by atoms with E-state index >= 15 is 0 Å². The molecular weight excluding hydrogens is 352 g/mol. The summed E-state index contributed by atoms with van der Waals surface area (Å²) < 4.78 is 11.5. The molecule has 0 fully saturated rings.